The van der Waals surface area contributed by atoms with Gasteiger partial charge in [-0.3, -0.25) is 4.79 Å². The molecule has 3 fully saturated rings. The Balaban J connectivity index is 1.72. The van der Waals surface area contributed by atoms with Gasteiger partial charge in [-0.05, 0) is 54.6 Å². The van der Waals surface area contributed by atoms with Crippen LogP contribution in [-0.2, 0) is 4.79 Å². The van der Waals surface area contributed by atoms with E-state index in [-0.39, 0.29) is 5.75 Å². The third-order valence-electron chi connectivity index (χ3n) is 4.86. The number of thioether (sulfide) groups is 1. The molecule has 2 bridgehead atoms. The van der Waals surface area contributed by atoms with Crippen molar-refractivity contribution in [3.05, 3.63) is 0 Å². The van der Waals surface area contributed by atoms with Crippen LogP contribution in [-0.4, -0.2) is 22.6 Å². The maximum atomic E-state index is 10.4. The lowest BCUT2D eigenvalue weighted by atomic mass is 9.45. The zero-order valence-corrected chi connectivity index (χ0v) is 11.1. The quantitative estimate of drug-likeness (QED) is 0.752. The first-order chi connectivity index (χ1) is 7.51. The predicted molar refractivity (Wildman–Crippen MR) is 67.7 cm³/mol. The summed E-state index contributed by atoms with van der Waals surface area (Å²) in [6.45, 7) is 4.84. The fraction of sp³-hybridized carbons (Fsp3) is 0.923. The monoisotopic (exact) mass is 242 g/mol. The van der Waals surface area contributed by atoms with Crippen molar-refractivity contribution >= 4 is 17.7 Å². The average Bonchev–Trinajstić information content (AvgIpc) is 2.24. The van der Waals surface area contributed by atoms with Crippen molar-refractivity contribution in [2.24, 2.45) is 23.2 Å². The van der Waals surface area contributed by atoms with E-state index in [0.29, 0.717) is 5.41 Å². The van der Waals surface area contributed by atoms with Crippen molar-refractivity contribution in [3.8, 4) is 0 Å². The molecule has 3 aliphatic carbocycles. The standard InChI is InChI=1S/C13H22O2S/c1-13(2)10-4-3-9(11(13)7-10)5-6-16-8-12(14)15/h9-11H,3-8H2,1-2H3,(H,14,15)/t9-,10-,11-/m0/s1. The van der Waals surface area contributed by atoms with Gasteiger partial charge in [0.05, 0.1) is 5.75 Å². The van der Waals surface area contributed by atoms with Crippen molar-refractivity contribution in [2.75, 3.05) is 11.5 Å². The van der Waals surface area contributed by atoms with Crippen LogP contribution in [0, 0.1) is 23.2 Å². The molecule has 0 saturated heterocycles. The van der Waals surface area contributed by atoms with Gasteiger partial charge < -0.3 is 5.11 Å². The lowest BCUT2D eigenvalue weighted by Gasteiger charge is -2.60. The summed E-state index contributed by atoms with van der Waals surface area (Å²) < 4.78 is 0. The summed E-state index contributed by atoms with van der Waals surface area (Å²) in [7, 11) is 0. The van der Waals surface area contributed by atoms with Crippen LogP contribution in [0.3, 0.4) is 0 Å². The van der Waals surface area contributed by atoms with E-state index in [0.717, 1.165) is 23.5 Å². The van der Waals surface area contributed by atoms with Gasteiger partial charge in [-0.1, -0.05) is 13.8 Å². The van der Waals surface area contributed by atoms with Crippen LogP contribution < -0.4 is 0 Å². The fourth-order valence-electron chi connectivity index (χ4n) is 3.70. The van der Waals surface area contributed by atoms with Crippen LogP contribution in [0.5, 0.6) is 0 Å². The zero-order valence-electron chi connectivity index (χ0n) is 10.2. The molecular weight excluding hydrogens is 220 g/mol. The van der Waals surface area contributed by atoms with Gasteiger partial charge in [0.1, 0.15) is 0 Å². The smallest absolute Gasteiger partial charge is 0.313 e. The molecule has 3 aliphatic rings. The highest BCUT2D eigenvalue weighted by Gasteiger charge is 2.53. The minimum atomic E-state index is -0.683. The van der Waals surface area contributed by atoms with Crippen molar-refractivity contribution in [2.45, 2.75) is 39.5 Å². The molecule has 0 aromatic heterocycles. The van der Waals surface area contributed by atoms with E-state index in [1.807, 2.05) is 0 Å². The van der Waals surface area contributed by atoms with E-state index in [9.17, 15) is 4.79 Å². The number of fused-ring (bicyclic) bond motifs is 2. The van der Waals surface area contributed by atoms with Crippen LogP contribution in [0.25, 0.3) is 0 Å². The van der Waals surface area contributed by atoms with E-state index < -0.39 is 5.97 Å². The van der Waals surface area contributed by atoms with Crippen LogP contribution in [0.4, 0.5) is 0 Å². The molecule has 0 spiro atoms. The Labute approximate surface area is 102 Å². The third kappa shape index (κ3) is 2.24. The van der Waals surface area contributed by atoms with Crippen LogP contribution in [0.2, 0.25) is 0 Å². The molecule has 0 aromatic rings. The Morgan fingerprint density at radius 3 is 2.75 bits per heavy atom. The number of rotatable bonds is 5. The molecule has 3 atom stereocenters. The van der Waals surface area contributed by atoms with Crippen molar-refractivity contribution < 1.29 is 9.90 Å². The molecule has 0 aliphatic heterocycles. The molecule has 3 heteroatoms. The van der Waals surface area contributed by atoms with Gasteiger partial charge in [-0.25, -0.2) is 0 Å². The topological polar surface area (TPSA) is 37.3 Å². The number of hydrogen-bond donors (Lipinski definition) is 1. The second-order valence-corrected chi connectivity index (χ2v) is 7.04. The highest BCUT2D eigenvalue weighted by atomic mass is 32.2. The molecule has 1 N–H and O–H groups in total. The first kappa shape index (κ1) is 12.3. The summed E-state index contributed by atoms with van der Waals surface area (Å²) in [6, 6.07) is 0. The SMILES string of the molecule is CC1(C)[C@H]2CC[C@@H](CCSCC(=O)O)[C@@H]1C2. The minimum absolute atomic E-state index is 0.267. The first-order valence-electron chi connectivity index (χ1n) is 6.31. The normalized spacial score (nSPS) is 35.5. The molecular formula is C13H22O2S. The second kappa shape index (κ2) is 4.59. The third-order valence-corrected chi connectivity index (χ3v) is 5.84. The Bertz CT molecular complexity index is 273. The van der Waals surface area contributed by atoms with Gasteiger partial charge in [0, 0.05) is 0 Å². The molecule has 16 heavy (non-hydrogen) atoms. The molecule has 3 saturated carbocycles. The fourth-order valence-corrected chi connectivity index (χ4v) is 4.49. The molecule has 0 amide bonds. The number of hydrogen-bond acceptors (Lipinski definition) is 2. The van der Waals surface area contributed by atoms with Crippen molar-refractivity contribution in [1.82, 2.24) is 0 Å². The average molecular weight is 242 g/mol. The summed E-state index contributed by atoms with van der Waals surface area (Å²) in [4.78, 5) is 10.4. The molecule has 2 nitrogen and oxygen atoms in total. The highest BCUT2D eigenvalue weighted by molar-refractivity contribution is 7.99. The molecule has 3 rings (SSSR count). The zero-order chi connectivity index (χ0) is 11.8. The summed E-state index contributed by atoms with van der Waals surface area (Å²) in [6.07, 6.45) is 5.43. The molecule has 0 unspecified atom stereocenters. The molecule has 0 radical (unpaired) electrons. The van der Waals surface area contributed by atoms with Gasteiger partial charge in [0.25, 0.3) is 0 Å². The summed E-state index contributed by atoms with van der Waals surface area (Å²) in [5.74, 6) is 3.36. The maximum absolute atomic E-state index is 10.4. The number of carboxylic acids is 1. The van der Waals surface area contributed by atoms with Crippen molar-refractivity contribution in [3.63, 3.8) is 0 Å². The number of aliphatic carboxylic acids is 1. The van der Waals surface area contributed by atoms with Crippen molar-refractivity contribution in [1.29, 1.82) is 0 Å². The summed E-state index contributed by atoms with van der Waals surface area (Å²) >= 11 is 1.57. The van der Waals surface area contributed by atoms with E-state index in [1.54, 1.807) is 11.8 Å². The lowest BCUT2D eigenvalue weighted by molar-refractivity contribution is -0.133. The van der Waals surface area contributed by atoms with Crippen LogP contribution >= 0.6 is 11.8 Å². The number of carboxylic acid groups (broad SMARTS) is 1. The second-order valence-electron chi connectivity index (χ2n) is 5.93. The van der Waals surface area contributed by atoms with E-state index in [1.165, 1.54) is 25.7 Å². The highest BCUT2D eigenvalue weighted by Crippen LogP contribution is 2.62. The Morgan fingerprint density at radius 2 is 2.19 bits per heavy atom. The lowest BCUT2D eigenvalue weighted by Crippen LogP contribution is -2.52. The maximum Gasteiger partial charge on any atom is 0.313 e. The Hall–Kier alpha value is -0.180. The summed E-state index contributed by atoms with van der Waals surface area (Å²) in [5, 5.41) is 8.57. The molecule has 0 heterocycles. The predicted octanol–water partition coefficient (Wildman–Crippen LogP) is 3.27. The molecule has 0 aromatic carbocycles. The van der Waals surface area contributed by atoms with Gasteiger partial charge in [0.15, 0.2) is 0 Å². The van der Waals surface area contributed by atoms with Crippen LogP contribution in [0.1, 0.15) is 39.5 Å². The van der Waals surface area contributed by atoms with Crippen LogP contribution in [0.15, 0.2) is 0 Å². The molecule has 92 valence electrons. The summed E-state index contributed by atoms with van der Waals surface area (Å²) in [5.41, 5.74) is 0.570. The number of carbonyl (C=O) groups is 1. The minimum Gasteiger partial charge on any atom is -0.481 e. The van der Waals surface area contributed by atoms with E-state index in [2.05, 4.69) is 13.8 Å². The van der Waals surface area contributed by atoms with E-state index >= 15 is 0 Å². The first-order valence-corrected chi connectivity index (χ1v) is 7.47. The van der Waals surface area contributed by atoms with Gasteiger partial charge in [-0.2, -0.15) is 11.8 Å². The van der Waals surface area contributed by atoms with E-state index in [4.69, 9.17) is 5.11 Å². The van der Waals surface area contributed by atoms with Gasteiger partial charge in [0.2, 0.25) is 0 Å². The Morgan fingerprint density at radius 1 is 1.44 bits per heavy atom. The van der Waals surface area contributed by atoms with Gasteiger partial charge >= 0.3 is 5.97 Å². The largest absolute Gasteiger partial charge is 0.481 e. The van der Waals surface area contributed by atoms with Gasteiger partial charge in [-0.15, -0.1) is 0 Å². The Kier molecular flexibility index (Phi) is 3.53.